The van der Waals surface area contributed by atoms with Gasteiger partial charge >= 0.3 is 5.97 Å². The van der Waals surface area contributed by atoms with Gasteiger partial charge < -0.3 is 14.8 Å². The molecule has 1 aliphatic heterocycles. The van der Waals surface area contributed by atoms with Gasteiger partial charge in [-0.15, -0.1) is 0 Å². The molecule has 3 rings (SSSR count). The molecule has 1 heterocycles. The Morgan fingerprint density at radius 1 is 1.12 bits per heavy atom. The highest BCUT2D eigenvalue weighted by molar-refractivity contribution is 5.98. The first-order valence-corrected chi connectivity index (χ1v) is 8.52. The Bertz CT molecular complexity index is 733. The fourth-order valence-corrected chi connectivity index (χ4v) is 3.44. The topological polar surface area (TPSA) is 47.6 Å². The Balaban J connectivity index is 1.87. The van der Waals surface area contributed by atoms with Gasteiger partial charge in [-0.1, -0.05) is 24.3 Å². The average molecular weight is 327 g/mol. The van der Waals surface area contributed by atoms with Crippen molar-refractivity contribution in [1.29, 1.82) is 0 Å². The number of nitrogens with one attached hydrogen (secondary N) is 1. The number of piperidine rings is 1. The van der Waals surface area contributed by atoms with Crippen molar-refractivity contribution in [3.05, 3.63) is 42.0 Å². The normalized spacial score (nSPS) is 16.1. The van der Waals surface area contributed by atoms with Crippen LogP contribution in [0.5, 0.6) is 5.75 Å². The predicted octanol–water partition coefficient (Wildman–Crippen LogP) is 3.78. The fraction of sp³-hybridized carbons (Fsp3) is 0.450. The fourth-order valence-electron chi connectivity index (χ4n) is 3.44. The Kier molecular flexibility index (Phi) is 4.76. The van der Waals surface area contributed by atoms with Gasteiger partial charge in [-0.3, -0.25) is 0 Å². The van der Waals surface area contributed by atoms with E-state index in [4.69, 9.17) is 9.47 Å². The lowest BCUT2D eigenvalue weighted by Crippen LogP contribution is -2.42. The summed E-state index contributed by atoms with van der Waals surface area (Å²) in [4.78, 5) is 12.8. The molecule has 0 bridgehead atoms. The summed E-state index contributed by atoms with van der Waals surface area (Å²) in [6, 6.07) is 11.7. The summed E-state index contributed by atoms with van der Waals surface area (Å²) in [5, 5.41) is 5.40. The van der Waals surface area contributed by atoms with E-state index in [-0.39, 0.29) is 5.97 Å². The summed E-state index contributed by atoms with van der Waals surface area (Å²) in [5.41, 5.74) is -0.00579. The number of rotatable bonds is 4. The van der Waals surface area contributed by atoms with Gasteiger partial charge in [0.15, 0.2) is 0 Å². The predicted molar refractivity (Wildman–Crippen MR) is 95.6 cm³/mol. The summed E-state index contributed by atoms with van der Waals surface area (Å²) in [5.74, 6) is 0.607. The third kappa shape index (κ3) is 3.39. The van der Waals surface area contributed by atoms with Gasteiger partial charge in [-0.2, -0.15) is 0 Å². The van der Waals surface area contributed by atoms with E-state index in [0.29, 0.717) is 17.2 Å². The molecule has 0 saturated carbocycles. The van der Waals surface area contributed by atoms with Gasteiger partial charge in [-0.25, -0.2) is 4.79 Å². The standard InChI is InChI=1S/C20H25NO3/c1-20(2,16-8-10-21-11-9-16)24-19(22)17-12-14-6-4-5-7-15(14)13-18(17)23-3/h4-7,12-13,16,21H,8-11H2,1-3H3. The van der Waals surface area contributed by atoms with Crippen molar-refractivity contribution in [2.75, 3.05) is 20.2 Å². The lowest BCUT2D eigenvalue weighted by atomic mass is 9.83. The Morgan fingerprint density at radius 2 is 1.75 bits per heavy atom. The van der Waals surface area contributed by atoms with E-state index in [2.05, 4.69) is 5.32 Å². The smallest absolute Gasteiger partial charge is 0.342 e. The Hall–Kier alpha value is -2.07. The molecule has 0 atom stereocenters. The molecule has 0 radical (unpaired) electrons. The minimum atomic E-state index is -0.490. The first-order chi connectivity index (χ1) is 11.5. The van der Waals surface area contributed by atoms with Crippen LogP contribution in [0.2, 0.25) is 0 Å². The average Bonchev–Trinajstić information content (AvgIpc) is 2.61. The molecule has 1 fully saturated rings. The van der Waals surface area contributed by atoms with Gasteiger partial charge in [0.2, 0.25) is 0 Å². The van der Waals surface area contributed by atoms with Gasteiger partial charge in [-0.05, 0) is 62.7 Å². The van der Waals surface area contributed by atoms with Crippen LogP contribution in [0.3, 0.4) is 0 Å². The van der Waals surface area contributed by atoms with Gasteiger partial charge in [0.05, 0.1) is 7.11 Å². The molecule has 2 aromatic rings. The van der Waals surface area contributed by atoms with Crippen LogP contribution in [-0.4, -0.2) is 31.8 Å². The molecule has 4 nitrogen and oxygen atoms in total. The highest BCUT2D eigenvalue weighted by Gasteiger charge is 2.35. The zero-order valence-electron chi connectivity index (χ0n) is 14.6. The number of carbonyl (C=O) groups is 1. The van der Waals surface area contributed by atoms with Crippen LogP contribution in [0.15, 0.2) is 36.4 Å². The highest BCUT2D eigenvalue weighted by atomic mass is 16.6. The number of hydrogen-bond donors (Lipinski definition) is 1. The van der Waals surface area contributed by atoms with Crippen molar-refractivity contribution in [3.63, 3.8) is 0 Å². The van der Waals surface area contributed by atoms with Crippen LogP contribution in [0.4, 0.5) is 0 Å². The van der Waals surface area contributed by atoms with Crippen LogP contribution in [-0.2, 0) is 4.74 Å². The van der Waals surface area contributed by atoms with E-state index >= 15 is 0 Å². The third-order valence-corrected chi connectivity index (χ3v) is 4.97. The summed E-state index contributed by atoms with van der Waals surface area (Å²) in [6.45, 7) is 5.97. The van der Waals surface area contributed by atoms with E-state index in [1.807, 2.05) is 50.2 Å². The quantitative estimate of drug-likeness (QED) is 0.868. The molecule has 1 saturated heterocycles. The molecule has 0 aliphatic carbocycles. The maximum atomic E-state index is 12.8. The van der Waals surface area contributed by atoms with Crippen molar-refractivity contribution < 1.29 is 14.3 Å². The van der Waals surface area contributed by atoms with E-state index in [1.165, 1.54) is 0 Å². The van der Waals surface area contributed by atoms with Crippen molar-refractivity contribution in [2.45, 2.75) is 32.3 Å². The number of hydrogen-bond acceptors (Lipinski definition) is 4. The molecule has 0 aromatic heterocycles. The van der Waals surface area contributed by atoms with E-state index in [9.17, 15) is 4.79 Å². The monoisotopic (exact) mass is 327 g/mol. The van der Waals surface area contributed by atoms with Crippen molar-refractivity contribution >= 4 is 16.7 Å². The van der Waals surface area contributed by atoms with Crippen LogP contribution in [0.25, 0.3) is 10.8 Å². The van der Waals surface area contributed by atoms with Crippen molar-refractivity contribution in [1.82, 2.24) is 5.32 Å². The third-order valence-electron chi connectivity index (χ3n) is 4.97. The van der Waals surface area contributed by atoms with Crippen LogP contribution < -0.4 is 10.1 Å². The Morgan fingerprint density at radius 3 is 2.38 bits per heavy atom. The van der Waals surface area contributed by atoms with Crippen LogP contribution in [0, 0.1) is 5.92 Å². The van der Waals surface area contributed by atoms with Gasteiger partial charge in [0.1, 0.15) is 16.9 Å². The molecule has 1 N–H and O–H groups in total. The van der Waals surface area contributed by atoms with Crippen molar-refractivity contribution in [3.8, 4) is 5.75 Å². The lowest BCUT2D eigenvalue weighted by Gasteiger charge is -2.36. The van der Waals surface area contributed by atoms with Gasteiger partial charge in [0, 0.05) is 5.92 Å². The van der Waals surface area contributed by atoms with Crippen LogP contribution in [0.1, 0.15) is 37.0 Å². The number of ether oxygens (including phenoxy) is 2. The summed E-state index contributed by atoms with van der Waals surface area (Å²) in [7, 11) is 1.58. The minimum absolute atomic E-state index is 0.318. The van der Waals surface area contributed by atoms with Crippen LogP contribution >= 0.6 is 0 Å². The molecular formula is C20H25NO3. The second-order valence-corrected chi connectivity index (χ2v) is 6.92. The number of carbonyl (C=O) groups excluding carboxylic acids is 1. The SMILES string of the molecule is COc1cc2ccccc2cc1C(=O)OC(C)(C)C1CCNCC1. The van der Waals surface area contributed by atoms with Crippen molar-refractivity contribution in [2.24, 2.45) is 5.92 Å². The largest absolute Gasteiger partial charge is 0.496 e. The highest BCUT2D eigenvalue weighted by Crippen LogP contribution is 2.32. The number of esters is 1. The summed E-state index contributed by atoms with van der Waals surface area (Å²) < 4.78 is 11.3. The Labute approximate surface area is 143 Å². The van der Waals surface area contributed by atoms with E-state index in [1.54, 1.807) is 7.11 Å². The van der Waals surface area contributed by atoms with Gasteiger partial charge in [0.25, 0.3) is 0 Å². The molecule has 24 heavy (non-hydrogen) atoms. The second kappa shape index (κ2) is 6.81. The molecule has 1 aliphatic rings. The molecular weight excluding hydrogens is 302 g/mol. The second-order valence-electron chi connectivity index (χ2n) is 6.92. The zero-order valence-corrected chi connectivity index (χ0v) is 14.6. The molecule has 4 heteroatoms. The maximum absolute atomic E-state index is 12.8. The molecule has 2 aromatic carbocycles. The summed E-state index contributed by atoms with van der Waals surface area (Å²) >= 11 is 0. The van der Waals surface area contributed by atoms with E-state index in [0.717, 1.165) is 36.7 Å². The first kappa shape index (κ1) is 16.8. The first-order valence-electron chi connectivity index (χ1n) is 8.52. The minimum Gasteiger partial charge on any atom is -0.496 e. The molecule has 0 amide bonds. The number of benzene rings is 2. The number of methoxy groups -OCH3 is 1. The molecule has 128 valence electrons. The lowest BCUT2D eigenvalue weighted by molar-refractivity contribution is -0.0369. The summed E-state index contributed by atoms with van der Waals surface area (Å²) in [6.07, 6.45) is 2.05. The maximum Gasteiger partial charge on any atom is 0.342 e. The number of fused-ring (bicyclic) bond motifs is 1. The zero-order chi connectivity index (χ0) is 17.2. The van der Waals surface area contributed by atoms with E-state index < -0.39 is 5.60 Å². The molecule has 0 spiro atoms. The molecule has 0 unspecified atom stereocenters.